The van der Waals surface area contributed by atoms with Crippen molar-refractivity contribution in [2.45, 2.75) is 18.8 Å². The van der Waals surface area contributed by atoms with Crippen molar-refractivity contribution >= 4 is 6.29 Å². The fourth-order valence-electron chi connectivity index (χ4n) is 0.931. The van der Waals surface area contributed by atoms with E-state index in [1.54, 1.807) is 6.07 Å². The highest BCUT2D eigenvalue weighted by Gasteiger charge is 2.26. The zero-order valence-corrected chi connectivity index (χ0v) is 5.41. The third kappa shape index (κ3) is 0.835. The van der Waals surface area contributed by atoms with Gasteiger partial charge in [0.25, 0.3) is 0 Å². The Morgan fingerprint density at radius 1 is 1.70 bits per heavy atom. The summed E-state index contributed by atoms with van der Waals surface area (Å²) in [4.78, 5) is 10.1. The maximum atomic E-state index is 10.1. The third-order valence-electron chi connectivity index (χ3n) is 1.66. The summed E-state index contributed by atoms with van der Waals surface area (Å²) in [6.07, 6.45) is 3.05. The fourth-order valence-corrected chi connectivity index (χ4v) is 0.931. The quantitative estimate of drug-likeness (QED) is 0.578. The smallest absolute Gasteiger partial charge is 0.199 e. The van der Waals surface area contributed by atoms with Crippen LogP contribution in [0.25, 0.3) is 0 Å². The minimum Gasteiger partial charge on any atom is -0.353 e. The lowest BCUT2D eigenvalue weighted by molar-refractivity contribution is 0.109. The standard InChI is InChI=1S/C7H7NO2/c9-4-6-3-7(8-10-6)5-1-2-5/h3-5H,1-2H2. The molecule has 0 unspecified atom stereocenters. The summed E-state index contributed by atoms with van der Waals surface area (Å²) in [7, 11) is 0. The highest BCUT2D eigenvalue weighted by molar-refractivity contribution is 5.70. The molecule has 1 aliphatic carbocycles. The Morgan fingerprint density at radius 3 is 3.00 bits per heavy atom. The molecule has 1 heterocycles. The van der Waals surface area contributed by atoms with Gasteiger partial charge in [0.1, 0.15) is 0 Å². The van der Waals surface area contributed by atoms with Crippen LogP contribution in [0.5, 0.6) is 0 Å². The molecule has 0 radical (unpaired) electrons. The number of nitrogens with zero attached hydrogens (tertiary/aromatic N) is 1. The summed E-state index contributed by atoms with van der Waals surface area (Å²) in [5.74, 6) is 0.902. The van der Waals surface area contributed by atoms with E-state index < -0.39 is 0 Å². The molecule has 0 bridgehead atoms. The lowest BCUT2D eigenvalue weighted by Gasteiger charge is -1.78. The average Bonchev–Trinajstić information content (AvgIpc) is 2.70. The molecule has 10 heavy (non-hydrogen) atoms. The molecule has 1 aromatic heterocycles. The van der Waals surface area contributed by atoms with Crippen LogP contribution in [0, 0.1) is 0 Å². The molecule has 0 amide bonds. The lowest BCUT2D eigenvalue weighted by Crippen LogP contribution is -1.74. The summed E-state index contributed by atoms with van der Waals surface area (Å²) in [5.41, 5.74) is 0.933. The summed E-state index contributed by atoms with van der Waals surface area (Å²) in [5, 5.41) is 3.74. The van der Waals surface area contributed by atoms with Crippen LogP contribution >= 0.6 is 0 Å². The Kier molecular flexibility index (Phi) is 1.09. The molecule has 0 aliphatic heterocycles. The van der Waals surface area contributed by atoms with Crippen molar-refractivity contribution in [1.29, 1.82) is 0 Å². The van der Waals surface area contributed by atoms with Crippen LogP contribution in [-0.2, 0) is 0 Å². The average molecular weight is 137 g/mol. The topological polar surface area (TPSA) is 43.1 Å². The zero-order valence-electron chi connectivity index (χ0n) is 5.41. The minimum atomic E-state index is 0.335. The number of carbonyl (C=O) groups excluding carboxylic acids is 1. The molecule has 0 N–H and O–H groups in total. The van der Waals surface area contributed by atoms with Gasteiger partial charge in [-0.25, -0.2) is 0 Å². The highest BCUT2D eigenvalue weighted by atomic mass is 16.5. The fraction of sp³-hybridized carbons (Fsp3) is 0.429. The molecule has 1 saturated carbocycles. The van der Waals surface area contributed by atoms with Gasteiger partial charge >= 0.3 is 0 Å². The van der Waals surface area contributed by atoms with Gasteiger partial charge in [0, 0.05) is 12.0 Å². The van der Waals surface area contributed by atoms with E-state index in [-0.39, 0.29) is 0 Å². The van der Waals surface area contributed by atoms with Crippen LogP contribution in [0.2, 0.25) is 0 Å². The number of hydrogen-bond donors (Lipinski definition) is 0. The van der Waals surface area contributed by atoms with Crippen LogP contribution in [0.3, 0.4) is 0 Å². The lowest BCUT2D eigenvalue weighted by atomic mass is 10.3. The van der Waals surface area contributed by atoms with Gasteiger partial charge in [0.2, 0.25) is 0 Å². The number of aromatic nitrogens is 1. The summed E-state index contributed by atoms with van der Waals surface area (Å²) < 4.78 is 4.70. The monoisotopic (exact) mass is 137 g/mol. The molecular formula is C7H7NO2. The zero-order chi connectivity index (χ0) is 6.97. The van der Waals surface area contributed by atoms with Gasteiger partial charge < -0.3 is 4.52 Å². The third-order valence-corrected chi connectivity index (χ3v) is 1.66. The Hall–Kier alpha value is -1.12. The summed E-state index contributed by atoms with van der Waals surface area (Å²) >= 11 is 0. The Morgan fingerprint density at radius 2 is 2.50 bits per heavy atom. The number of aldehydes is 1. The largest absolute Gasteiger partial charge is 0.353 e. The van der Waals surface area contributed by atoms with E-state index in [9.17, 15) is 4.79 Å². The summed E-state index contributed by atoms with van der Waals surface area (Å²) in [6, 6.07) is 1.71. The van der Waals surface area contributed by atoms with Crippen molar-refractivity contribution in [2.75, 3.05) is 0 Å². The number of hydrogen-bond acceptors (Lipinski definition) is 3. The van der Waals surface area contributed by atoms with Crippen molar-refractivity contribution in [2.24, 2.45) is 0 Å². The van der Waals surface area contributed by atoms with Gasteiger partial charge in [0.15, 0.2) is 12.0 Å². The molecule has 1 aromatic rings. The van der Waals surface area contributed by atoms with Crippen LogP contribution in [0.15, 0.2) is 10.6 Å². The van der Waals surface area contributed by atoms with Gasteiger partial charge in [-0.05, 0) is 12.8 Å². The Bertz CT molecular complexity index is 250. The molecule has 0 saturated heterocycles. The molecule has 3 heteroatoms. The summed E-state index contributed by atoms with van der Waals surface area (Å²) in [6.45, 7) is 0. The maximum Gasteiger partial charge on any atom is 0.199 e. The second-order valence-electron chi connectivity index (χ2n) is 2.55. The van der Waals surface area contributed by atoms with Crippen LogP contribution in [-0.4, -0.2) is 11.4 Å². The van der Waals surface area contributed by atoms with Gasteiger partial charge in [-0.1, -0.05) is 5.16 Å². The van der Waals surface area contributed by atoms with Crippen molar-refractivity contribution in [1.82, 2.24) is 5.16 Å². The van der Waals surface area contributed by atoms with E-state index in [2.05, 4.69) is 5.16 Å². The van der Waals surface area contributed by atoms with E-state index in [0.29, 0.717) is 18.0 Å². The maximum absolute atomic E-state index is 10.1. The molecule has 0 atom stereocenters. The van der Waals surface area contributed by atoms with Crippen LogP contribution < -0.4 is 0 Å². The van der Waals surface area contributed by atoms with Gasteiger partial charge in [-0.2, -0.15) is 0 Å². The molecule has 0 spiro atoms. The Labute approximate surface area is 58.0 Å². The predicted molar refractivity (Wildman–Crippen MR) is 33.9 cm³/mol. The van der Waals surface area contributed by atoms with Crippen molar-refractivity contribution in [3.05, 3.63) is 17.5 Å². The first-order valence-electron chi connectivity index (χ1n) is 3.32. The molecule has 2 rings (SSSR count). The Balaban J connectivity index is 2.26. The molecule has 1 fully saturated rings. The van der Waals surface area contributed by atoms with Gasteiger partial charge in [0.05, 0.1) is 5.69 Å². The van der Waals surface area contributed by atoms with Gasteiger partial charge in [-0.15, -0.1) is 0 Å². The molecule has 52 valence electrons. The van der Waals surface area contributed by atoms with E-state index in [4.69, 9.17) is 4.52 Å². The second kappa shape index (κ2) is 1.94. The first-order chi connectivity index (χ1) is 4.90. The van der Waals surface area contributed by atoms with Crippen molar-refractivity contribution < 1.29 is 9.32 Å². The molecular weight excluding hydrogens is 130 g/mol. The normalized spacial score (nSPS) is 17.2. The predicted octanol–water partition coefficient (Wildman–Crippen LogP) is 1.36. The first kappa shape index (κ1) is 5.65. The molecule has 1 aliphatic rings. The molecule has 3 nitrogen and oxygen atoms in total. The van der Waals surface area contributed by atoms with Crippen molar-refractivity contribution in [3.63, 3.8) is 0 Å². The second-order valence-corrected chi connectivity index (χ2v) is 2.55. The van der Waals surface area contributed by atoms with E-state index in [1.165, 1.54) is 12.8 Å². The SMILES string of the molecule is O=Cc1cc(C2CC2)no1. The van der Waals surface area contributed by atoms with Crippen molar-refractivity contribution in [3.8, 4) is 0 Å². The van der Waals surface area contributed by atoms with Gasteiger partial charge in [-0.3, -0.25) is 4.79 Å². The van der Waals surface area contributed by atoms with E-state index in [1.807, 2.05) is 0 Å². The van der Waals surface area contributed by atoms with Crippen LogP contribution in [0.1, 0.15) is 35.0 Å². The number of carbonyl (C=O) groups is 1. The number of rotatable bonds is 2. The molecule has 0 aromatic carbocycles. The minimum absolute atomic E-state index is 0.335. The highest BCUT2D eigenvalue weighted by Crippen LogP contribution is 2.39. The first-order valence-corrected chi connectivity index (χ1v) is 3.32. The van der Waals surface area contributed by atoms with E-state index >= 15 is 0 Å². The van der Waals surface area contributed by atoms with Crippen LogP contribution in [0.4, 0.5) is 0 Å². The van der Waals surface area contributed by atoms with E-state index in [0.717, 1.165) is 5.69 Å².